The van der Waals surface area contributed by atoms with Gasteiger partial charge >= 0.3 is 0 Å². The molecule has 0 amide bonds. The molecule has 0 bridgehead atoms. The van der Waals surface area contributed by atoms with Crippen LogP contribution in [-0.2, 0) is 16.3 Å². The summed E-state index contributed by atoms with van der Waals surface area (Å²) in [5.74, 6) is 0.847. The molecule has 0 radical (unpaired) electrons. The average Bonchev–Trinajstić information content (AvgIpc) is 1.81. The van der Waals surface area contributed by atoms with Crippen LogP contribution in [0.5, 0.6) is 0 Å². The Morgan fingerprint density at radius 2 is 1.75 bits per heavy atom. The van der Waals surface area contributed by atoms with Crippen molar-refractivity contribution in [3.05, 3.63) is 0 Å². The SMILES string of the molecule is CC(C)COP(O)(=S)CC(C)C. The molecule has 0 aromatic heterocycles. The minimum atomic E-state index is -2.47. The highest BCUT2D eigenvalue weighted by Gasteiger charge is 2.15. The normalized spacial score (nSPS) is 16.9. The van der Waals surface area contributed by atoms with Gasteiger partial charge in [0.15, 0.2) is 6.49 Å². The highest BCUT2D eigenvalue weighted by molar-refractivity contribution is 8.09. The van der Waals surface area contributed by atoms with Crippen LogP contribution in [0.25, 0.3) is 0 Å². The van der Waals surface area contributed by atoms with Gasteiger partial charge in [-0.25, -0.2) is 0 Å². The van der Waals surface area contributed by atoms with Gasteiger partial charge in [0.25, 0.3) is 0 Å². The third-order valence-corrected chi connectivity index (χ3v) is 3.71. The number of hydrogen-bond donors (Lipinski definition) is 1. The molecule has 0 aliphatic heterocycles. The molecular weight excluding hydrogens is 191 g/mol. The van der Waals surface area contributed by atoms with Crippen molar-refractivity contribution in [2.75, 3.05) is 12.8 Å². The molecule has 0 aliphatic rings. The Hall–Kier alpha value is 0.570. The second kappa shape index (κ2) is 5.33. The van der Waals surface area contributed by atoms with Crippen molar-refractivity contribution >= 4 is 18.3 Å². The highest BCUT2D eigenvalue weighted by Crippen LogP contribution is 2.44. The van der Waals surface area contributed by atoms with E-state index in [2.05, 4.69) is 0 Å². The predicted octanol–water partition coefficient (Wildman–Crippen LogP) is 2.62. The zero-order valence-electron chi connectivity index (χ0n) is 8.28. The van der Waals surface area contributed by atoms with Crippen molar-refractivity contribution in [2.24, 2.45) is 11.8 Å². The minimum Gasteiger partial charge on any atom is -0.345 e. The Labute approximate surface area is 80.5 Å². The summed E-state index contributed by atoms with van der Waals surface area (Å²) in [5, 5.41) is 0. The smallest absolute Gasteiger partial charge is 0.186 e. The standard InChI is InChI=1S/C8H19O2PS/c1-7(2)5-10-11(9,12)6-8(3)4/h7-8H,5-6H2,1-4H3,(H,9,12). The lowest BCUT2D eigenvalue weighted by molar-refractivity contribution is 0.263. The summed E-state index contributed by atoms with van der Waals surface area (Å²) in [6.45, 7) is 6.27. The van der Waals surface area contributed by atoms with Gasteiger partial charge in [-0.15, -0.1) is 0 Å². The second-order valence-corrected chi connectivity index (χ2v) is 7.51. The maximum absolute atomic E-state index is 9.64. The minimum absolute atomic E-state index is 0.410. The quantitative estimate of drug-likeness (QED) is 0.707. The summed E-state index contributed by atoms with van der Waals surface area (Å²) in [5.41, 5.74) is 0. The fourth-order valence-corrected chi connectivity index (χ4v) is 3.42. The zero-order chi connectivity index (χ0) is 9.78. The maximum atomic E-state index is 9.64. The first-order chi connectivity index (χ1) is 5.33. The van der Waals surface area contributed by atoms with E-state index in [1.165, 1.54) is 0 Å². The first-order valence-corrected chi connectivity index (χ1v) is 7.15. The lowest BCUT2D eigenvalue weighted by Gasteiger charge is -2.18. The molecule has 1 unspecified atom stereocenters. The topological polar surface area (TPSA) is 29.5 Å². The fourth-order valence-electron chi connectivity index (χ4n) is 0.780. The monoisotopic (exact) mass is 210 g/mol. The molecule has 12 heavy (non-hydrogen) atoms. The summed E-state index contributed by atoms with van der Waals surface area (Å²) in [6, 6.07) is 0. The van der Waals surface area contributed by atoms with Gasteiger partial charge in [0.05, 0.1) is 6.61 Å². The Morgan fingerprint density at radius 1 is 1.25 bits per heavy atom. The van der Waals surface area contributed by atoms with E-state index in [0.29, 0.717) is 24.6 Å². The number of rotatable bonds is 5. The molecule has 1 N–H and O–H groups in total. The number of hydrogen-bond acceptors (Lipinski definition) is 2. The zero-order valence-corrected chi connectivity index (χ0v) is 9.99. The largest absolute Gasteiger partial charge is 0.345 e. The van der Waals surface area contributed by atoms with Gasteiger partial charge in [-0.05, 0) is 23.6 Å². The van der Waals surface area contributed by atoms with Crippen LogP contribution in [0.3, 0.4) is 0 Å². The Morgan fingerprint density at radius 3 is 2.08 bits per heavy atom. The van der Waals surface area contributed by atoms with Gasteiger partial charge in [-0.2, -0.15) is 0 Å². The van der Waals surface area contributed by atoms with Crippen LogP contribution < -0.4 is 0 Å². The lowest BCUT2D eigenvalue weighted by atomic mass is 10.2. The van der Waals surface area contributed by atoms with Crippen molar-refractivity contribution in [2.45, 2.75) is 27.7 Å². The van der Waals surface area contributed by atoms with Gasteiger partial charge in [0, 0.05) is 6.16 Å². The molecule has 0 fully saturated rings. The first-order valence-electron chi connectivity index (χ1n) is 4.30. The Balaban J connectivity index is 3.80. The van der Waals surface area contributed by atoms with Crippen LogP contribution in [-0.4, -0.2) is 17.7 Å². The summed E-state index contributed by atoms with van der Waals surface area (Å²) in [7, 11) is 0. The van der Waals surface area contributed by atoms with Crippen LogP contribution in [0.15, 0.2) is 0 Å². The molecule has 0 aromatic rings. The van der Waals surface area contributed by atoms with Gasteiger partial charge < -0.3 is 9.42 Å². The molecule has 0 saturated heterocycles. The molecular formula is C8H19O2PS. The first kappa shape index (κ1) is 12.6. The molecule has 2 nitrogen and oxygen atoms in total. The molecule has 0 aliphatic carbocycles. The fraction of sp³-hybridized carbons (Fsp3) is 1.00. The van der Waals surface area contributed by atoms with Gasteiger partial charge in [-0.1, -0.05) is 27.7 Å². The van der Waals surface area contributed by atoms with Crippen molar-refractivity contribution in [1.29, 1.82) is 0 Å². The summed E-state index contributed by atoms with van der Waals surface area (Å²) in [4.78, 5) is 9.64. The molecule has 4 heteroatoms. The van der Waals surface area contributed by atoms with Crippen molar-refractivity contribution in [1.82, 2.24) is 0 Å². The Bertz CT molecular complexity index is 168. The summed E-state index contributed by atoms with van der Waals surface area (Å²) < 4.78 is 5.28. The Kier molecular flexibility index (Phi) is 5.59. The van der Waals surface area contributed by atoms with Crippen LogP contribution in [0, 0.1) is 11.8 Å². The van der Waals surface area contributed by atoms with E-state index in [0.717, 1.165) is 0 Å². The molecule has 1 atom stereocenters. The van der Waals surface area contributed by atoms with E-state index in [-0.39, 0.29) is 0 Å². The molecule has 74 valence electrons. The van der Waals surface area contributed by atoms with Crippen molar-refractivity contribution in [3.63, 3.8) is 0 Å². The van der Waals surface area contributed by atoms with Crippen molar-refractivity contribution in [3.8, 4) is 0 Å². The summed E-state index contributed by atoms with van der Waals surface area (Å²) in [6.07, 6.45) is 0.620. The molecule has 0 aromatic carbocycles. The third kappa shape index (κ3) is 7.23. The second-order valence-electron chi connectivity index (χ2n) is 3.90. The molecule has 0 saturated carbocycles. The van der Waals surface area contributed by atoms with E-state index in [4.69, 9.17) is 16.3 Å². The summed E-state index contributed by atoms with van der Waals surface area (Å²) >= 11 is 4.98. The van der Waals surface area contributed by atoms with E-state index in [1.807, 2.05) is 27.7 Å². The van der Waals surface area contributed by atoms with E-state index >= 15 is 0 Å². The van der Waals surface area contributed by atoms with E-state index in [1.54, 1.807) is 0 Å². The molecule has 0 heterocycles. The third-order valence-electron chi connectivity index (χ3n) is 1.21. The predicted molar refractivity (Wildman–Crippen MR) is 57.0 cm³/mol. The van der Waals surface area contributed by atoms with E-state index < -0.39 is 6.49 Å². The lowest BCUT2D eigenvalue weighted by Crippen LogP contribution is -2.05. The molecule has 0 spiro atoms. The van der Waals surface area contributed by atoms with Crippen LogP contribution >= 0.6 is 6.49 Å². The highest BCUT2D eigenvalue weighted by atomic mass is 32.5. The van der Waals surface area contributed by atoms with Gasteiger partial charge in [-0.3, -0.25) is 0 Å². The van der Waals surface area contributed by atoms with Crippen LogP contribution in [0.4, 0.5) is 0 Å². The van der Waals surface area contributed by atoms with Crippen LogP contribution in [0.1, 0.15) is 27.7 Å². The van der Waals surface area contributed by atoms with Gasteiger partial charge in [0.1, 0.15) is 0 Å². The van der Waals surface area contributed by atoms with Crippen LogP contribution in [0.2, 0.25) is 0 Å². The van der Waals surface area contributed by atoms with Crippen molar-refractivity contribution < 1.29 is 9.42 Å². The average molecular weight is 210 g/mol. The molecule has 0 rings (SSSR count). The van der Waals surface area contributed by atoms with Gasteiger partial charge in [0.2, 0.25) is 0 Å². The van der Waals surface area contributed by atoms with E-state index in [9.17, 15) is 4.89 Å². The maximum Gasteiger partial charge on any atom is 0.186 e.